The Morgan fingerprint density at radius 2 is 1.70 bits per heavy atom. The van der Waals surface area contributed by atoms with Gasteiger partial charge in [0, 0.05) is 18.3 Å². The largest absolute Gasteiger partial charge is 0.439 e. The lowest BCUT2D eigenvalue weighted by Crippen LogP contribution is -2.10. The van der Waals surface area contributed by atoms with Crippen LogP contribution in [0.15, 0.2) is 42.6 Å². The summed E-state index contributed by atoms with van der Waals surface area (Å²) in [5, 5.41) is 0. The minimum absolute atomic E-state index is 0.0115. The third kappa shape index (κ3) is 3.58. The number of hydrogen-bond donors (Lipinski definition) is 1. The molecule has 0 saturated carbocycles. The monoisotopic (exact) mass is 270 g/mol. The van der Waals surface area contributed by atoms with Gasteiger partial charge in [-0.05, 0) is 35.6 Å². The molecule has 2 rings (SSSR count). The molecule has 20 heavy (non-hydrogen) atoms. The molecular formula is C17H22N2O. The van der Waals surface area contributed by atoms with E-state index < -0.39 is 0 Å². The zero-order valence-electron chi connectivity index (χ0n) is 12.6. The number of rotatable bonds is 3. The Bertz CT molecular complexity index is 551. The van der Waals surface area contributed by atoms with Crippen molar-refractivity contribution in [3.8, 4) is 11.6 Å². The highest BCUT2D eigenvalue weighted by atomic mass is 16.5. The molecule has 0 aliphatic heterocycles. The van der Waals surface area contributed by atoms with Crippen LogP contribution in [0.4, 0.5) is 0 Å². The van der Waals surface area contributed by atoms with Gasteiger partial charge < -0.3 is 10.5 Å². The van der Waals surface area contributed by atoms with Gasteiger partial charge in [-0.2, -0.15) is 0 Å². The van der Waals surface area contributed by atoms with Crippen molar-refractivity contribution in [1.82, 2.24) is 4.98 Å². The Hall–Kier alpha value is -1.87. The highest BCUT2D eigenvalue weighted by Crippen LogP contribution is 2.26. The van der Waals surface area contributed by atoms with Crippen molar-refractivity contribution >= 4 is 0 Å². The predicted octanol–water partition coefficient (Wildman–Crippen LogP) is 4.19. The first-order chi connectivity index (χ1) is 9.36. The molecule has 0 aliphatic carbocycles. The fraction of sp³-hybridized carbons (Fsp3) is 0.353. The maximum Gasteiger partial charge on any atom is 0.219 e. The van der Waals surface area contributed by atoms with E-state index in [1.807, 2.05) is 31.2 Å². The number of nitrogens with two attached hydrogens (primary N) is 1. The molecule has 0 fully saturated rings. The summed E-state index contributed by atoms with van der Waals surface area (Å²) in [7, 11) is 0. The number of nitrogens with zero attached hydrogens (tertiary/aromatic N) is 1. The summed E-state index contributed by atoms with van der Waals surface area (Å²) in [6.45, 7) is 8.51. The minimum atomic E-state index is -0.0115. The topological polar surface area (TPSA) is 48.1 Å². The van der Waals surface area contributed by atoms with Gasteiger partial charge in [0.1, 0.15) is 5.75 Å². The van der Waals surface area contributed by atoms with E-state index in [1.54, 1.807) is 6.20 Å². The molecule has 0 saturated heterocycles. The Labute approximate surface area is 120 Å². The normalized spacial score (nSPS) is 13.1. The van der Waals surface area contributed by atoms with E-state index in [2.05, 4.69) is 37.9 Å². The van der Waals surface area contributed by atoms with Crippen LogP contribution in [0.25, 0.3) is 0 Å². The third-order valence-corrected chi connectivity index (χ3v) is 3.23. The number of benzene rings is 1. The Balaban J connectivity index is 2.10. The molecule has 1 atom stereocenters. The average Bonchev–Trinajstić information content (AvgIpc) is 2.39. The summed E-state index contributed by atoms with van der Waals surface area (Å²) in [6.07, 6.45) is 1.75. The molecule has 0 spiro atoms. The van der Waals surface area contributed by atoms with Crippen LogP contribution in [-0.2, 0) is 5.41 Å². The summed E-state index contributed by atoms with van der Waals surface area (Å²) < 4.78 is 5.73. The van der Waals surface area contributed by atoms with Gasteiger partial charge in [0.15, 0.2) is 0 Å². The molecule has 1 aromatic carbocycles. The van der Waals surface area contributed by atoms with E-state index in [-0.39, 0.29) is 11.5 Å². The van der Waals surface area contributed by atoms with Gasteiger partial charge in [-0.25, -0.2) is 4.98 Å². The lowest BCUT2D eigenvalue weighted by Gasteiger charge is -2.19. The van der Waals surface area contributed by atoms with E-state index in [0.717, 1.165) is 11.3 Å². The van der Waals surface area contributed by atoms with E-state index >= 15 is 0 Å². The fourth-order valence-electron chi connectivity index (χ4n) is 1.87. The van der Waals surface area contributed by atoms with E-state index in [4.69, 9.17) is 10.5 Å². The van der Waals surface area contributed by atoms with Gasteiger partial charge in [-0.15, -0.1) is 0 Å². The summed E-state index contributed by atoms with van der Waals surface area (Å²) in [6, 6.07) is 11.9. The first-order valence-corrected chi connectivity index (χ1v) is 6.86. The van der Waals surface area contributed by atoms with Crippen molar-refractivity contribution in [3.05, 3.63) is 53.7 Å². The molecule has 0 radical (unpaired) electrons. The molecule has 3 heteroatoms. The summed E-state index contributed by atoms with van der Waals surface area (Å²) in [5.74, 6) is 1.37. The molecule has 2 N–H and O–H groups in total. The summed E-state index contributed by atoms with van der Waals surface area (Å²) in [5.41, 5.74) is 8.22. The van der Waals surface area contributed by atoms with Crippen LogP contribution in [0, 0.1) is 0 Å². The lowest BCUT2D eigenvalue weighted by molar-refractivity contribution is 0.461. The molecule has 0 bridgehead atoms. The summed E-state index contributed by atoms with van der Waals surface area (Å²) >= 11 is 0. The van der Waals surface area contributed by atoms with Gasteiger partial charge in [-0.1, -0.05) is 39.0 Å². The Kier molecular flexibility index (Phi) is 4.09. The number of ether oxygens (including phenoxy) is 1. The van der Waals surface area contributed by atoms with Crippen LogP contribution < -0.4 is 10.5 Å². The molecule has 0 aliphatic rings. The lowest BCUT2D eigenvalue weighted by atomic mass is 9.87. The van der Waals surface area contributed by atoms with Crippen LogP contribution in [0.2, 0.25) is 0 Å². The molecular weight excluding hydrogens is 248 g/mol. The van der Waals surface area contributed by atoms with E-state index in [1.165, 1.54) is 5.56 Å². The van der Waals surface area contributed by atoms with Gasteiger partial charge in [0.05, 0.1) is 0 Å². The minimum Gasteiger partial charge on any atom is -0.439 e. The van der Waals surface area contributed by atoms with E-state index in [9.17, 15) is 0 Å². The fourth-order valence-corrected chi connectivity index (χ4v) is 1.87. The van der Waals surface area contributed by atoms with Crippen molar-refractivity contribution in [3.63, 3.8) is 0 Å². The molecule has 2 aromatic rings. The van der Waals surface area contributed by atoms with E-state index in [0.29, 0.717) is 5.88 Å². The maximum atomic E-state index is 5.79. The van der Waals surface area contributed by atoms with Gasteiger partial charge in [-0.3, -0.25) is 0 Å². The molecule has 1 unspecified atom stereocenters. The van der Waals surface area contributed by atoms with Gasteiger partial charge in [0.25, 0.3) is 0 Å². The Morgan fingerprint density at radius 3 is 2.15 bits per heavy atom. The van der Waals surface area contributed by atoms with Crippen molar-refractivity contribution < 1.29 is 4.74 Å². The smallest absolute Gasteiger partial charge is 0.219 e. The highest BCUT2D eigenvalue weighted by molar-refractivity contribution is 5.33. The van der Waals surface area contributed by atoms with Crippen molar-refractivity contribution in [2.75, 3.05) is 0 Å². The molecule has 1 heterocycles. The highest BCUT2D eigenvalue weighted by Gasteiger charge is 2.13. The second-order valence-corrected chi connectivity index (χ2v) is 6.09. The SMILES string of the molecule is CC(N)c1ccc(Oc2ccc(C(C)(C)C)cc2)nc1. The predicted molar refractivity (Wildman–Crippen MR) is 82.1 cm³/mol. The second-order valence-electron chi connectivity index (χ2n) is 6.09. The molecule has 0 amide bonds. The van der Waals surface area contributed by atoms with Crippen LogP contribution >= 0.6 is 0 Å². The van der Waals surface area contributed by atoms with Crippen LogP contribution in [0.3, 0.4) is 0 Å². The number of hydrogen-bond acceptors (Lipinski definition) is 3. The molecule has 1 aromatic heterocycles. The zero-order chi connectivity index (χ0) is 14.8. The molecule has 3 nitrogen and oxygen atoms in total. The third-order valence-electron chi connectivity index (χ3n) is 3.23. The van der Waals surface area contributed by atoms with Crippen molar-refractivity contribution in [2.24, 2.45) is 5.73 Å². The van der Waals surface area contributed by atoms with Crippen LogP contribution in [-0.4, -0.2) is 4.98 Å². The number of aromatic nitrogens is 1. The van der Waals surface area contributed by atoms with Crippen LogP contribution in [0.1, 0.15) is 44.9 Å². The zero-order valence-corrected chi connectivity index (χ0v) is 12.6. The Morgan fingerprint density at radius 1 is 1.05 bits per heavy atom. The van der Waals surface area contributed by atoms with Gasteiger partial charge in [0.2, 0.25) is 5.88 Å². The first kappa shape index (κ1) is 14.5. The summed E-state index contributed by atoms with van der Waals surface area (Å²) in [4.78, 5) is 4.26. The van der Waals surface area contributed by atoms with Crippen LogP contribution in [0.5, 0.6) is 11.6 Å². The average molecular weight is 270 g/mol. The first-order valence-electron chi connectivity index (χ1n) is 6.86. The number of pyridine rings is 1. The quantitative estimate of drug-likeness (QED) is 0.909. The molecule has 106 valence electrons. The van der Waals surface area contributed by atoms with Crippen molar-refractivity contribution in [2.45, 2.75) is 39.2 Å². The second kappa shape index (κ2) is 5.63. The standard InChI is InChI=1S/C17H22N2O/c1-12(18)13-5-10-16(19-11-13)20-15-8-6-14(7-9-15)17(2,3)4/h5-12H,18H2,1-4H3. The van der Waals surface area contributed by atoms with Gasteiger partial charge >= 0.3 is 0 Å². The van der Waals surface area contributed by atoms with Crippen molar-refractivity contribution in [1.29, 1.82) is 0 Å². The maximum absolute atomic E-state index is 5.79.